The lowest BCUT2D eigenvalue weighted by Crippen LogP contribution is -2.18. The van der Waals surface area contributed by atoms with Gasteiger partial charge in [0.25, 0.3) is 0 Å². The minimum Gasteiger partial charge on any atom is -0.457 e. The lowest BCUT2D eigenvalue weighted by atomic mass is 10.0. The smallest absolute Gasteiger partial charge is 0.173 e. The van der Waals surface area contributed by atoms with E-state index in [1.165, 1.54) is 12.1 Å². The van der Waals surface area contributed by atoms with Crippen molar-refractivity contribution in [2.45, 2.75) is 12.5 Å². The van der Waals surface area contributed by atoms with E-state index in [4.69, 9.17) is 16.0 Å². The Balaban J connectivity index is 2.26. The molecule has 1 heterocycles. The average molecular weight is 333 g/mol. The molecule has 18 heavy (non-hydrogen) atoms. The summed E-state index contributed by atoms with van der Waals surface area (Å²) < 4.78 is 19.1. The Bertz CT molecular complexity index is 544. The molecule has 0 radical (unpaired) electrons. The number of halogens is 3. The Morgan fingerprint density at radius 1 is 1.44 bits per heavy atom. The summed E-state index contributed by atoms with van der Waals surface area (Å²) in [6.07, 6.45) is 2.20. The first-order valence-electron chi connectivity index (χ1n) is 5.46. The van der Waals surface area contributed by atoms with Crippen LogP contribution in [0.2, 0.25) is 5.02 Å². The van der Waals surface area contributed by atoms with Crippen LogP contribution in [0.4, 0.5) is 4.39 Å². The molecule has 0 spiro atoms. The maximum atomic E-state index is 13.2. The fourth-order valence-corrected chi connectivity index (χ4v) is 2.55. The van der Waals surface area contributed by atoms with Crippen LogP contribution in [0, 0.1) is 5.82 Å². The maximum absolute atomic E-state index is 13.2. The second-order valence-electron chi connectivity index (χ2n) is 3.93. The summed E-state index contributed by atoms with van der Waals surface area (Å²) in [6, 6.07) is 6.27. The molecule has 0 aliphatic heterocycles. The highest BCUT2D eigenvalue weighted by atomic mass is 79.9. The molecule has 1 aromatic carbocycles. The number of benzene rings is 1. The third-order valence-electron chi connectivity index (χ3n) is 2.80. The molecule has 2 aromatic rings. The summed E-state index contributed by atoms with van der Waals surface area (Å²) >= 11 is 9.41. The third-order valence-corrected chi connectivity index (χ3v) is 3.82. The van der Waals surface area contributed by atoms with Gasteiger partial charge in [-0.3, -0.25) is 0 Å². The fourth-order valence-electron chi connectivity index (χ4n) is 1.84. The van der Waals surface area contributed by atoms with Crippen LogP contribution in [0.1, 0.15) is 17.2 Å². The predicted molar refractivity (Wildman–Crippen MR) is 73.3 cm³/mol. The normalized spacial score (nSPS) is 12.7. The van der Waals surface area contributed by atoms with Gasteiger partial charge in [-0.2, -0.15) is 0 Å². The van der Waals surface area contributed by atoms with Crippen molar-refractivity contribution in [1.29, 1.82) is 0 Å². The zero-order valence-corrected chi connectivity index (χ0v) is 12.1. The monoisotopic (exact) mass is 331 g/mol. The van der Waals surface area contributed by atoms with E-state index in [2.05, 4.69) is 21.2 Å². The van der Waals surface area contributed by atoms with Gasteiger partial charge < -0.3 is 9.73 Å². The molecule has 0 bridgehead atoms. The van der Waals surface area contributed by atoms with Crippen LogP contribution in [0.3, 0.4) is 0 Å². The van der Waals surface area contributed by atoms with Crippen LogP contribution in [0.15, 0.2) is 39.6 Å². The van der Waals surface area contributed by atoms with E-state index < -0.39 is 0 Å². The highest BCUT2D eigenvalue weighted by Gasteiger charge is 2.17. The van der Waals surface area contributed by atoms with Crippen molar-refractivity contribution in [3.8, 4) is 0 Å². The van der Waals surface area contributed by atoms with Crippen molar-refractivity contribution in [1.82, 2.24) is 5.32 Å². The number of likely N-dealkylation sites (N-methyl/N-ethyl adjacent to an activating group) is 1. The van der Waals surface area contributed by atoms with E-state index in [0.29, 0.717) is 16.1 Å². The zero-order chi connectivity index (χ0) is 13.1. The maximum Gasteiger partial charge on any atom is 0.173 e. The van der Waals surface area contributed by atoms with Gasteiger partial charge in [0, 0.05) is 16.6 Å². The van der Waals surface area contributed by atoms with Gasteiger partial charge in [0.15, 0.2) is 4.67 Å². The topological polar surface area (TPSA) is 25.2 Å². The van der Waals surface area contributed by atoms with Crippen LogP contribution >= 0.6 is 27.5 Å². The molecular weight excluding hydrogens is 321 g/mol. The first-order valence-corrected chi connectivity index (χ1v) is 6.63. The Labute approximate surface area is 118 Å². The molecular formula is C13H12BrClFNO. The number of nitrogens with one attached hydrogen (secondary N) is 1. The second kappa shape index (κ2) is 5.87. The van der Waals surface area contributed by atoms with E-state index in [1.807, 2.05) is 13.1 Å². The molecule has 1 aromatic heterocycles. The van der Waals surface area contributed by atoms with Crippen molar-refractivity contribution in [2.24, 2.45) is 0 Å². The highest BCUT2D eigenvalue weighted by Crippen LogP contribution is 2.29. The molecule has 0 amide bonds. The summed E-state index contributed by atoms with van der Waals surface area (Å²) in [5.74, 6) is -0.282. The van der Waals surface area contributed by atoms with Gasteiger partial charge in [0.1, 0.15) is 5.82 Å². The Hall–Kier alpha value is -0.840. The minimum absolute atomic E-state index is 0.0115. The van der Waals surface area contributed by atoms with Crippen LogP contribution in [0.5, 0.6) is 0 Å². The standard InChI is InChI=1S/C13H12BrClFNO/c1-17-12(10-4-5-18-13(10)14)7-8-6-9(16)2-3-11(8)15/h2-6,12,17H,7H2,1H3. The van der Waals surface area contributed by atoms with Crippen LogP contribution < -0.4 is 5.32 Å². The van der Waals surface area contributed by atoms with Gasteiger partial charge in [-0.25, -0.2) is 4.39 Å². The summed E-state index contributed by atoms with van der Waals surface area (Å²) in [5, 5.41) is 3.74. The second-order valence-corrected chi connectivity index (χ2v) is 5.06. The van der Waals surface area contributed by atoms with Crippen LogP contribution in [-0.2, 0) is 6.42 Å². The molecule has 96 valence electrons. The molecule has 0 saturated carbocycles. The van der Waals surface area contributed by atoms with Gasteiger partial charge in [-0.05, 0) is 59.2 Å². The summed E-state index contributed by atoms with van der Waals surface area (Å²) in [6.45, 7) is 0. The molecule has 0 fully saturated rings. The van der Waals surface area contributed by atoms with Crippen molar-refractivity contribution < 1.29 is 8.81 Å². The van der Waals surface area contributed by atoms with Gasteiger partial charge in [0.2, 0.25) is 0 Å². The van der Waals surface area contributed by atoms with Gasteiger partial charge in [-0.15, -0.1) is 0 Å². The van der Waals surface area contributed by atoms with Gasteiger partial charge in [-0.1, -0.05) is 11.6 Å². The summed E-state index contributed by atoms with van der Waals surface area (Å²) in [5.41, 5.74) is 1.75. The predicted octanol–water partition coefficient (Wildman–Crippen LogP) is 4.34. The lowest BCUT2D eigenvalue weighted by Gasteiger charge is -2.16. The first kappa shape index (κ1) is 13.6. The molecule has 2 nitrogen and oxygen atoms in total. The first-order chi connectivity index (χ1) is 8.61. The van der Waals surface area contributed by atoms with Crippen molar-refractivity contribution in [2.75, 3.05) is 7.05 Å². The molecule has 2 rings (SSSR count). The SMILES string of the molecule is CNC(Cc1cc(F)ccc1Cl)c1ccoc1Br. The third kappa shape index (κ3) is 2.94. The summed E-state index contributed by atoms with van der Waals surface area (Å²) in [7, 11) is 1.84. The van der Waals surface area contributed by atoms with E-state index in [1.54, 1.807) is 12.3 Å². The number of furan rings is 1. The largest absolute Gasteiger partial charge is 0.457 e. The Morgan fingerprint density at radius 2 is 2.22 bits per heavy atom. The van der Waals surface area contributed by atoms with E-state index in [0.717, 1.165) is 11.1 Å². The minimum atomic E-state index is -0.282. The van der Waals surface area contributed by atoms with E-state index in [-0.39, 0.29) is 11.9 Å². The van der Waals surface area contributed by atoms with Gasteiger partial charge >= 0.3 is 0 Å². The fraction of sp³-hybridized carbons (Fsp3) is 0.231. The molecule has 0 aliphatic carbocycles. The van der Waals surface area contributed by atoms with Crippen LogP contribution in [-0.4, -0.2) is 7.05 Å². The Morgan fingerprint density at radius 3 is 2.83 bits per heavy atom. The molecule has 1 atom stereocenters. The zero-order valence-electron chi connectivity index (χ0n) is 9.71. The van der Waals surface area contributed by atoms with Crippen LogP contribution in [0.25, 0.3) is 0 Å². The van der Waals surface area contributed by atoms with Crippen molar-refractivity contribution in [3.63, 3.8) is 0 Å². The lowest BCUT2D eigenvalue weighted by molar-refractivity contribution is 0.517. The quantitative estimate of drug-likeness (QED) is 0.901. The molecule has 1 unspecified atom stereocenters. The number of hydrogen-bond acceptors (Lipinski definition) is 2. The molecule has 0 aliphatic rings. The molecule has 1 N–H and O–H groups in total. The molecule has 5 heteroatoms. The van der Waals surface area contributed by atoms with Gasteiger partial charge in [0.05, 0.1) is 6.26 Å². The summed E-state index contributed by atoms with van der Waals surface area (Å²) in [4.78, 5) is 0. The highest BCUT2D eigenvalue weighted by molar-refractivity contribution is 9.10. The van der Waals surface area contributed by atoms with Crippen molar-refractivity contribution in [3.05, 3.63) is 57.2 Å². The number of rotatable bonds is 4. The van der Waals surface area contributed by atoms with E-state index in [9.17, 15) is 4.39 Å². The Kier molecular flexibility index (Phi) is 4.43. The molecule has 0 saturated heterocycles. The number of hydrogen-bond donors (Lipinski definition) is 1. The van der Waals surface area contributed by atoms with Crippen molar-refractivity contribution >= 4 is 27.5 Å². The van der Waals surface area contributed by atoms with E-state index >= 15 is 0 Å². The average Bonchev–Trinajstić information content (AvgIpc) is 2.77.